The molecule has 1 heterocycles. The van der Waals surface area contributed by atoms with Gasteiger partial charge in [-0.05, 0) is 31.0 Å². The minimum absolute atomic E-state index is 0.0141. The topological polar surface area (TPSA) is 53.4 Å². The van der Waals surface area contributed by atoms with Gasteiger partial charge in [0.15, 0.2) is 0 Å². The molecule has 2 amide bonds. The van der Waals surface area contributed by atoms with Gasteiger partial charge in [-0.25, -0.2) is 9.78 Å². The second kappa shape index (κ2) is 8.96. The third-order valence-corrected chi connectivity index (χ3v) is 3.84. The van der Waals surface area contributed by atoms with Crippen molar-refractivity contribution in [2.45, 2.75) is 26.4 Å². The van der Waals surface area contributed by atoms with Crippen molar-refractivity contribution in [2.75, 3.05) is 32.1 Å². The molecule has 2 aromatic rings. The quantitative estimate of drug-likeness (QED) is 0.810. The molecule has 0 aliphatic carbocycles. The number of imidazole rings is 1. The number of carbonyl (C=O) groups is 1. The number of carbonyl (C=O) groups excluding carboxylic acids is 1. The molecule has 0 spiro atoms. The molecular weight excluding hydrogens is 302 g/mol. The van der Waals surface area contributed by atoms with Gasteiger partial charge < -0.3 is 19.7 Å². The van der Waals surface area contributed by atoms with Gasteiger partial charge in [-0.1, -0.05) is 12.1 Å². The summed E-state index contributed by atoms with van der Waals surface area (Å²) in [6.45, 7) is 4.75. The van der Waals surface area contributed by atoms with Crippen LogP contribution in [0.4, 0.5) is 10.5 Å². The van der Waals surface area contributed by atoms with E-state index in [0.717, 1.165) is 24.2 Å². The maximum absolute atomic E-state index is 12.3. The molecule has 2 rings (SSSR count). The molecule has 0 fully saturated rings. The van der Waals surface area contributed by atoms with Crippen LogP contribution in [-0.4, -0.2) is 47.7 Å². The van der Waals surface area contributed by atoms with Crippen molar-refractivity contribution >= 4 is 11.7 Å². The molecule has 0 saturated heterocycles. The van der Waals surface area contributed by atoms with Crippen LogP contribution in [0.2, 0.25) is 0 Å². The molecule has 0 atom stereocenters. The third-order valence-electron chi connectivity index (χ3n) is 3.84. The highest BCUT2D eigenvalue weighted by Crippen LogP contribution is 2.14. The first-order valence-electron chi connectivity index (χ1n) is 8.35. The molecule has 1 N–H and O–H groups in total. The van der Waals surface area contributed by atoms with Crippen molar-refractivity contribution < 1.29 is 4.79 Å². The second-order valence-electron chi connectivity index (χ2n) is 5.97. The summed E-state index contributed by atoms with van der Waals surface area (Å²) in [4.78, 5) is 20.3. The summed E-state index contributed by atoms with van der Waals surface area (Å²) in [5.74, 6) is 0. The fourth-order valence-corrected chi connectivity index (χ4v) is 2.50. The smallest absolute Gasteiger partial charge is 0.317 e. The minimum atomic E-state index is -0.0141. The third kappa shape index (κ3) is 5.30. The summed E-state index contributed by atoms with van der Waals surface area (Å²) in [5.41, 5.74) is 2.29. The number of hydrogen-bond donors (Lipinski definition) is 1. The Morgan fingerprint density at radius 2 is 2.00 bits per heavy atom. The molecule has 0 unspecified atom stereocenters. The van der Waals surface area contributed by atoms with Gasteiger partial charge in [-0.2, -0.15) is 0 Å². The van der Waals surface area contributed by atoms with Crippen LogP contribution >= 0.6 is 0 Å². The zero-order valence-electron chi connectivity index (χ0n) is 14.8. The Kier molecular flexibility index (Phi) is 6.66. The minimum Gasteiger partial charge on any atom is -0.378 e. The summed E-state index contributed by atoms with van der Waals surface area (Å²) >= 11 is 0. The number of amides is 2. The van der Waals surface area contributed by atoms with Crippen molar-refractivity contribution in [3.8, 4) is 0 Å². The first kappa shape index (κ1) is 17.8. The Balaban J connectivity index is 1.95. The first-order chi connectivity index (χ1) is 11.6. The van der Waals surface area contributed by atoms with Gasteiger partial charge in [-0.3, -0.25) is 0 Å². The Bertz CT molecular complexity index is 607. The Morgan fingerprint density at radius 1 is 1.25 bits per heavy atom. The van der Waals surface area contributed by atoms with E-state index in [9.17, 15) is 4.79 Å². The van der Waals surface area contributed by atoms with Gasteiger partial charge >= 0.3 is 6.03 Å². The molecule has 6 heteroatoms. The van der Waals surface area contributed by atoms with Crippen LogP contribution < -0.4 is 10.2 Å². The molecule has 0 saturated carbocycles. The van der Waals surface area contributed by atoms with Crippen LogP contribution in [0.3, 0.4) is 0 Å². The highest BCUT2D eigenvalue weighted by molar-refractivity contribution is 5.74. The fourth-order valence-electron chi connectivity index (χ4n) is 2.50. The maximum Gasteiger partial charge on any atom is 0.317 e. The molecule has 0 aliphatic rings. The normalized spacial score (nSPS) is 10.5. The average molecular weight is 329 g/mol. The zero-order valence-corrected chi connectivity index (χ0v) is 14.8. The molecule has 1 aromatic carbocycles. The van der Waals surface area contributed by atoms with Crippen molar-refractivity contribution in [2.24, 2.45) is 0 Å². The predicted octanol–water partition coefficient (Wildman–Crippen LogP) is 2.57. The number of urea groups is 1. The molecule has 0 bridgehead atoms. The van der Waals surface area contributed by atoms with Gasteiger partial charge in [0.25, 0.3) is 0 Å². The number of nitrogens with zero attached hydrogens (tertiary/aromatic N) is 4. The van der Waals surface area contributed by atoms with Gasteiger partial charge in [0.05, 0.1) is 6.33 Å². The summed E-state index contributed by atoms with van der Waals surface area (Å²) in [6.07, 6.45) is 6.41. The van der Waals surface area contributed by atoms with E-state index in [4.69, 9.17) is 0 Å². The van der Waals surface area contributed by atoms with Crippen LogP contribution in [-0.2, 0) is 13.1 Å². The summed E-state index contributed by atoms with van der Waals surface area (Å²) in [7, 11) is 4.04. The van der Waals surface area contributed by atoms with E-state index in [1.807, 2.05) is 36.7 Å². The second-order valence-corrected chi connectivity index (χ2v) is 5.97. The number of hydrogen-bond acceptors (Lipinski definition) is 3. The zero-order chi connectivity index (χ0) is 17.4. The molecule has 130 valence electrons. The maximum atomic E-state index is 12.3. The van der Waals surface area contributed by atoms with E-state index in [1.54, 1.807) is 12.5 Å². The molecular formula is C18H27N5O. The number of rotatable bonds is 8. The molecule has 6 nitrogen and oxygen atoms in total. The van der Waals surface area contributed by atoms with Crippen LogP contribution in [0.5, 0.6) is 0 Å². The first-order valence-corrected chi connectivity index (χ1v) is 8.35. The predicted molar refractivity (Wildman–Crippen MR) is 97.1 cm³/mol. The number of aromatic nitrogens is 2. The Hall–Kier alpha value is -2.50. The fraction of sp³-hybridized carbons (Fsp3) is 0.444. The lowest BCUT2D eigenvalue weighted by molar-refractivity contribution is 0.194. The number of aryl methyl sites for hydroxylation is 1. The standard InChI is InChI=1S/C18H27N5O/c1-4-20-18(24)23(12-5-11-22-13-10-19-15-22)14-16-6-8-17(9-7-16)21(2)3/h6-10,13,15H,4-5,11-12,14H2,1-3H3,(H,20,24). The summed E-state index contributed by atoms with van der Waals surface area (Å²) in [5, 5.41) is 2.90. The number of anilines is 1. The van der Waals surface area contributed by atoms with E-state index in [0.29, 0.717) is 19.6 Å². The lowest BCUT2D eigenvalue weighted by Gasteiger charge is -2.23. The Labute approximate surface area is 144 Å². The van der Waals surface area contributed by atoms with Crippen LogP contribution in [0.15, 0.2) is 43.0 Å². The van der Waals surface area contributed by atoms with E-state index in [2.05, 4.69) is 39.5 Å². The largest absolute Gasteiger partial charge is 0.378 e. The van der Waals surface area contributed by atoms with Crippen molar-refractivity contribution in [1.29, 1.82) is 0 Å². The Morgan fingerprint density at radius 3 is 2.58 bits per heavy atom. The average Bonchev–Trinajstić information content (AvgIpc) is 3.08. The monoisotopic (exact) mass is 329 g/mol. The lowest BCUT2D eigenvalue weighted by Crippen LogP contribution is -2.40. The molecule has 0 aliphatic heterocycles. The van der Waals surface area contributed by atoms with Gasteiger partial charge in [-0.15, -0.1) is 0 Å². The SMILES string of the molecule is CCNC(=O)N(CCCn1ccnc1)Cc1ccc(N(C)C)cc1. The molecule has 1 aromatic heterocycles. The van der Waals surface area contributed by atoms with E-state index in [-0.39, 0.29) is 6.03 Å². The number of benzene rings is 1. The van der Waals surface area contributed by atoms with Crippen LogP contribution in [0.1, 0.15) is 18.9 Å². The van der Waals surface area contributed by atoms with Crippen LogP contribution in [0.25, 0.3) is 0 Å². The van der Waals surface area contributed by atoms with E-state index in [1.165, 1.54) is 0 Å². The van der Waals surface area contributed by atoms with Crippen molar-refractivity contribution in [1.82, 2.24) is 19.8 Å². The highest BCUT2D eigenvalue weighted by Gasteiger charge is 2.13. The van der Waals surface area contributed by atoms with E-state index < -0.39 is 0 Å². The highest BCUT2D eigenvalue weighted by atomic mass is 16.2. The van der Waals surface area contributed by atoms with Gasteiger partial charge in [0, 0.05) is 58.4 Å². The molecule has 0 radical (unpaired) electrons. The number of nitrogens with one attached hydrogen (secondary N) is 1. The van der Waals surface area contributed by atoms with Gasteiger partial charge in [0.1, 0.15) is 0 Å². The van der Waals surface area contributed by atoms with Crippen molar-refractivity contribution in [3.05, 3.63) is 48.5 Å². The van der Waals surface area contributed by atoms with E-state index >= 15 is 0 Å². The van der Waals surface area contributed by atoms with Gasteiger partial charge in [0.2, 0.25) is 0 Å². The summed E-state index contributed by atoms with van der Waals surface area (Å²) < 4.78 is 2.03. The lowest BCUT2D eigenvalue weighted by atomic mass is 10.2. The summed E-state index contributed by atoms with van der Waals surface area (Å²) in [6, 6.07) is 8.31. The van der Waals surface area contributed by atoms with Crippen LogP contribution in [0, 0.1) is 0 Å². The molecule has 24 heavy (non-hydrogen) atoms. The van der Waals surface area contributed by atoms with Crippen molar-refractivity contribution in [3.63, 3.8) is 0 Å².